The Kier molecular flexibility index (Phi) is 6.79. The molecular weight excluding hydrogens is 248 g/mol. The van der Waals surface area contributed by atoms with Gasteiger partial charge in [-0.2, -0.15) is 0 Å². The van der Waals surface area contributed by atoms with E-state index in [1.54, 1.807) is 0 Å². The summed E-state index contributed by atoms with van der Waals surface area (Å²) in [6.07, 6.45) is 8.00. The zero-order valence-corrected chi connectivity index (χ0v) is 13.7. The van der Waals surface area contributed by atoms with E-state index in [1.807, 2.05) is 0 Å². The van der Waals surface area contributed by atoms with Gasteiger partial charge < -0.3 is 15.0 Å². The van der Waals surface area contributed by atoms with Crippen LogP contribution in [0.25, 0.3) is 0 Å². The topological polar surface area (TPSA) is 24.5 Å². The largest absolute Gasteiger partial charge is 0.381 e. The number of rotatable bonds is 6. The van der Waals surface area contributed by atoms with Crippen LogP contribution in [0.3, 0.4) is 0 Å². The molecule has 1 aliphatic carbocycles. The van der Waals surface area contributed by atoms with Crippen LogP contribution in [0.5, 0.6) is 0 Å². The van der Waals surface area contributed by atoms with E-state index in [-0.39, 0.29) is 0 Å². The van der Waals surface area contributed by atoms with Gasteiger partial charge in [0.2, 0.25) is 0 Å². The predicted octanol–water partition coefficient (Wildman–Crippen LogP) is 2.90. The first-order valence-corrected chi connectivity index (χ1v) is 8.72. The first kappa shape index (κ1) is 16.3. The van der Waals surface area contributed by atoms with Crippen LogP contribution >= 0.6 is 0 Å². The van der Waals surface area contributed by atoms with Crippen molar-refractivity contribution < 1.29 is 4.74 Å². The van der Waals surface area contributed by atoms with Crippen LogP contribution in [0.4, 0.5) is 0 Å². The lowest BCUT2D eigenvalue weighted by atomic mass is 9.86. The maximum atomic E-state index is 5.73. The fourth-order valence-corrected chi connectivity index (χ4v) is 3.78. The van der Waals surface area contributed by atoms with Gasteiger partial charge in [-0.05, 0) is 58.0 Å². The molecule has 1 saturated heterocycles. The second-order valence-electron chi connectivity index (χ2n) is 7.04. The van der Waals surface area contributed by atoms with Gasteiger partial charge in [-0.3, -0.25) is 0 Å². The van der Waals surface area contributed by atoms with Crippen LogP contribution in [0.2, 0.25) is 0 Å². The summed E-state index contributed by atoms with van der Waals surface area (Å²) in [4.78, 5) is 2.62. The summed E-state index contributed by atoms with van der Waals surface area (Å²) in [5.74, 6) is 1.61. The third-order valence-corrected chi connectivity index (χ3v) is 5.26. The van der Waals surface area contributed by atoms with Crippen molar-refractivity contribution >= 4 is 0 Å². The molecule has 2 atom stereocenters. The second kappa shape index (κ2) is 8.35. The predicted molar refractivity (Wildman–Crippen MR) is 85.1 cm³/mol. The lowest BCUT2D eigenvalue weighted by Crippen LogP contribution is -2.49. The minimum atomic E-state index is 0.661. The first-order chi connectivity index (χ1) is 9.70. The Labute approximate surface area is 125 Å². The van der Waals surface area contributed by atoms with Gasteiger partial charge in [0.1, 0.15) is 0 Å². The SMILES string of the molecule is CCCNC1CCOCC1CN(C)C1CCC(C)CC1. The van der Waals surface area contributed by atoms with E-state index in [9.17, 15) is 0 Å². The molecule has 3 heteroatoms. The molecule has 0 radical (unpaired) electrons. The summed E-state index contributed by atoms with van der Waals surface area (Å²) in [5.41, 5.74) is 0. The standard InChI is InChI=1S/C17H34N2O/c1-4-10-18-17-9-11-20-13-15(17)12-19(3)16-7-5-14(2)6-8-16/h14-18H,4-13H2,1-3H3. The summed E-state index contributed by atoms with van der Waals surface area (Å²) >= 11 is 0. The number of hydrogen-bond acceptors (Lipinski definition) is 3. The Hall–Kier alpha value is -0.120. The van der Waals surface area contributed by atoms with E-state index in [0.717, 1.165) is 31.7 Å². The highest BCUT2D eigenvalue weighted by atomic mass is 16.5. The Morgan fingerprint density at radius 2 is 1.90 bits per heavy atom. The minimum Gasteiger partial charge on any atom is -0.381 e. The van der Waals surface area contributed by atoms with E-state index in [2.05, 4.69) is 31.1 Å². The van der Waals surface area contributed by atoms with Crippen molar-refractivity contribution in [1.82, 2.24) is 10.2 Å². The van der Waals surface area contributed by atoms with Crippen molar-refractivity contribution in [2.45, 2.75) is 64.5 Å². The molecular formula is C17H34N2O. The Balaban J connectivity index is 1.79. The van der Waals surface area contributed by atoms with Gasteiger partial charge in [0.25, 0.3) is 0 Å². The van der Waals surface area contributed by atoms with E-state index in [4.69, 9.17) is 4.74 Å². The van der Waals surface area contributed by atoms with E-state index in [1.165, 1.54) is 45.1 Å². The number of nitrogens with one attached hydrogen (secondary N) is 1. The van der Waals surface area contributed by atoms with Gasteiger partial charge in [-0.1, -0.05) is 13.8 Å². The molecule has 1 aliphatic heterocycles. The van der Waals surface area contributed by atoms with Crippen molar-refractivity contribution in [2.24, 2.45) is 11.8 Å². The number of nitrogens with zero attached hydrogens (tertiary/aromatic N) is 1. The van der Waals surface area contributed by atoms with Crippen LogP contribution in [0.1, 0.15) is 52.4 Å². The molecule has 20 heavy (non-hydrogen) atoms. The van der Waals surface area contributed by atoms with Crippen LogP contribution in [-0.2, 0) is 4.74 Å². The Morgan fingerprint density at radius 1 is 1.15 bits per heavy atom. The summed E-state index contributed by atoms with van der Waals surface area (Å²) in [6, 6.07) is 1.47. The molecule has 0 bridgehead atoms. The number of ether oxygens (including phenoxy) is 1. The molecule has 1 N–H and O–H groups in total. The van der Waals surface area contributed by atoms with Crippen LogP contribution in [0.15, 0.2) is 0 Å². The van der Waals surface area contributed by atoms with E-state index >= 15 is 0 Å². The monoisotopic (exact) mass is 282 g/mol. The molecule has 0 aromatic heterocycles. The first-order valence-electron chi connectivity index (χ1n) is 8.72. The molecule has 0 aromatic carbocycles. The third kappa shape index (κ3) is 4.71. The summed E-state index contributed by atoms with van der Waals surface area (Å²) in [7, 11) is 2.33. The Morgan fingerprint density at radius 3 is 2.60 bits per heavy atom. The highest BCUT2D eigenvalue weighted by Crippen LogP contribution is 2.27. The lowest BCUT2D eigenvalue weighted by molar-refractivity contribution is 0.0111. The summed E-state index contributed by atoms with van der Waals surface area (Å²) < 4.78 is 5.73. The normalized spacial score (nSPS) is 35.4. The maximum absolute atomic E-state index is 5.73. The quantitative estimate of drug-likeness (QED) is 0.811. The smallest absolute Gasteiger partial charge is 0.0521 e. The average molecular weight is 282 g/mol. The molecule has 2 aliphatic rings. The van der Waals surface area contributed by atoms with Crippen LogP contribution in [-0.4, -0.2) is 50.3 Å². The second-order valence-corrected chi connectivity index (χ2v) is 7.04. The van der Waals surface area contributed by atoms with Crippen LogP contribution < -0.4 is 5.32 Å². The molecule has 2 unspecified atom stereocenters. The van der Waals surface area contributed by atoms with Gasteiger partial charge in [-0.25, -0.2) is 0 Å². The fourth-order valence-electron chi connectivity index (χ4n) is 3.78. The summed E-state index contributed by atoms with van der Waals surface area (Å²) in [6.45, 7) is 8.86. The molecule has 2 rings (SSSR count). The van der Waals surface area contributed by atoms with Gasteiger partial charge in [0.15, 0.2) is 0 Å². The highest BCUT2D eigenvalue weighted by molar-refractivity contribution is 4.84. The molecule has 2 fully saturated rings. The van der Waals surface area contributed by atoms with E-state index < -0.39 is 0 Å². The van der Waals surface area contributed by atoms with Gasteiger partial charge in [-0.15, -0.1) is 0 Å². The lowest BCUT2D eigenvalue weighted by Gasteiger charge is -2.39. The molecule has 0 spiro atoms. The molecule has 0 amide bonds. The maximum Gasteiger partial charge on any atom is 0.0521 e. The van der Waals surface area contributed by atoms with Gasteiger partial charge >= 0.3 is 0 Å². The van der Waals surface area contributed by atoms with Gasteiger partial charge in [0.05, 0.1) is 6.61 Å². The molecule has 3 nitrogen and oxygen atoms in total. The number of hydrogen-bond donors (Lipinski definition) is 1. The molecule has 0 aromatic rings. The Bertz CT molecular complexity index is 264. The van der Waals surface area contributed by atoms with Crippen molar-refractivity contribution in [3.8, 4) is 0 Å². The molecule has 1 heterocycles. The van der Waals surface area contributed by atoms with Crippen molar-refractivity contribution in [3.05, 3.63) is 0 Å². The average Bonchev–Trinajstić information content (AvgIpc) is 2.47. The minimum absolute atomic E-state index is 0.661. The van der Waals surface area contributed by atoms with Crippen LogP contribution in [0, 0.1) is 11.8 Å². The third-order valence-electron chi connectivity index (χ3n) is 5.26. The van der Waals surface area contributed by atoms with E-state index in [0.29, 0.717) is 12.0 Å². The zero-order chi connectivity index (χ0) is 14.4. The van der Waals surface area contributed by atoms with Gasteiger partial charge in [0, 0.05) is 31.2 Å². The molecule has 1 saturated carbocycles. The fraction of sp³-hybridized carbons (Fsp3) is 1.00. The molecule has 118 valence electrons. The zero-order valence-electron chi connectivity index (χ0n) is 13.7. The van der Waals surface area contributed by atoms with Crippen molar-refractivity contribution in [3.63, 3.8) is 0 Å². The highest BCUT2D eigenvalue weighted by Gasteiger charge is 2.29. The summed E-state index contributed by atoms with van der Waals surface area (Å²) in [5, 5.41) is 3.73. The van der Waals surface area contributed by atoms with Crippen molar-refractivity contribution in [2.75, 3.05) is 33.4 Å². The van der Waals surface area contributed by atoms with Crippen molar-refractivity contribution in [1.29, 1.82) is 0 Å².